The van der Waals surface area contributed by atoms with Gasteiger partial charge in [-0.2, -0.15) is 9.78 Å². The van der Waals surface area contributed by atoms with Crippen LogP contribution in [-0.4, -0.2) is 37.4 Å². The first kappa shape index (κ1) is 19.0. The van der Waals surface area contributed by atoms with Crippen molar-refractivity contribution in [2.45, 2.75) is 13.8 Å². The van der Waals surface area contributed by atoms with Crippen LogP contribution in [-0.2, 0) is 0 Å². The lowest BCUT2D eigenvalue weighted by molar-refractivity contribution is 0.0950. The van der Waals surface area contributed by atoms with Crippen LogP contribution in [0.1, 0.15) is 27.2 Å². The second-order valence-corrected chi connectivity index (χ2v) is 6.65. The standard InChI is InChI=1S/C20H18N8O2/c1-12-3-7-14(8-4-12)11-22-24-20(29)16-17(15-9-5-13(2)6-10-15)28(27-23-16)19-18(21)25-30-26-19/h3-11H,1-2H3,(H2,21,25)(H,24,29)/b22-11+. The van der Waals surface area contributed by atoms with E-state index in [0.29, 0.717) is 11.3 Å². The van der Waals surface area contributed by atoms with Gasteiger partial charge in [0.05, 0.1) is 6.21 Å². The van der Waals surface area contributed by atoms with Crippen molar-refractivity contribution in [2.24, 2.45) is 5.10 Å². The Balaban J connectivity index is 1.68. The molecule has 30 heavy (non-hydrogen) atoms. The lowest BCUT2D eigenvalue weighted by Crippen LogP contribution is -2.19. The SMILES string of the molecule is Cc1ccc(/C=N/NC(=O)c2nnn(-c3nonc3N)c2-c2ccc(C)cc2)cc1. The van der Waals surface area contributed by atoms with Crippen LogP contribution in [0, 0.1) is 13.8 Å². The second kappa shape index (κ2) is 7.95. The van der Waals surface area contributed by atoms with E-state index in [4.69, 9.17) is 5.73 Å². The molecule has 0 saturated carbocycles. The summed E-state index contributed by atoms with van der Waals surface area (Å²) < 4.78 is 5.98. The van der Waals surface area contributed by atoms with Crippen molar-refractivity contribution in [3.05, 3.63) is 70.9 Å². The highest BCUT2D eigenvalue weighted by atomic mass is 16.6. The smallest absolute Gasteiger partial charge is 0.294 e. The molecule has 2 aromatic heterocycles. The molecule has 3 N–H and O–H groups in total. The zero-order valence-corrected chi connectivity index (χ0v) is 16.3. The molecule has 10 nitrogen and oxygen atoms in total. The summed E-state index contributed by atoms with van der Waals surface area (Å²) in [6.07, 6.45) is 1.55. The number of hydrogen-bond acceptors (Lipinski definition) is 8. The molecule has 0 bridgehead atoms. The highest BCUT2D eigenvalue weighted by molar-refractivity contribution is 5.98. The van der Waals surface area contributed by atoms with Gasteiger partial charge < -0.3 is 5.73 Å². The third-order valence-corrected chi connectivity index (χ3v) is 4.36. The first-order valence-corrected chi connectivity index (χ1v) is 9.04. The maximum Gasteiger partial charge on any atom is 0.294 e. The summed E-state index contributed by atoms with van der Waals surface area (Å²) in [6, 6.07) is 15.2. The van der Waals surface area contributed by atoms with Gasteiger partial charge in [-0.05, 0) is 29.7 Å². The number of amides is 1. The molecule has 0 saturated heterocycles. The molecular weight excluding hydrogens is 384 g/mol. The van der Waals surface area contributed by atoms with Gasteiger partial charge in [-0.1, -0.05) is 64.9 Å². The first-order chi connectivity index (χ1) is 14.5. The Labute approximate surface area is 171 Å². The summed E-state index contributed by atoms with van der Waals surface area (Å²) in [6.45, 7) is 3.96. The van der Waals surface area contributed by atoms with Crippen LogP contribution in [0.25, 0.3) is 17.1 Å². The highest BCUT2D eigenvalue weighted by Gasteiger charge is 2.25. The van der Waals surface area contributed by atoms with Crippen molar-refractivity contribution in [1.29, 1.82) is 0 Å². The lowest BCUT2D eigenvalue weighted by Gasteiger charge is -2.06. The van der Waals surface area contributed by atoms with Gasteiger partial charge in [0, 0.05) is 5.56 Å². The Morgan fingerprint density at radius 1 is 1.07 bits per heavy atom. The molecule has 0 radical (unpaired) electrons. The predicted octanol–water partition coefficient (Wildman–Crippen LogP) is 2.28. The molecular formula is C20H18N8O2. The molecule has 10 heteroatoms. The fraction of sp³-hybridized carbons (Fsp3) is 0.100. The van der Waals surface area contributed by atoms with E-state index in [-0.39, 0.29) is 17.3 Å². The number of nitrogens with two attached hydrogens (primary N) is 1. The number of rotatable bonds is 5. The van der Waals surface area contributed by atoms with Crippen molar-refractivity contribution < 1.29 is 9.42 Å². The third-order valence-electron chi connectivity index (χ3n) is 4.36. The summed E-state index contributed by atoms with van der Waals surface area (Å²) in [5.41, 5.74) is 12.5. The molecule has 0 spiro atoms. The molecule has 2 aromatic carbocycles. The average molecular weight is 402 g/mol. The second-order valence-electron chi connectivity index (χ2n) is 6.65. The number of hydrogen-bond donors (Lipinski definition) is 2. The van der Waals surface area contributed by atoms with Crippen LogP contribution in [0.15, 0.2) is 58.3 Å². The van der Waals surface area contributed by atoms with E-state index in [1.165, 1.54) is 4.68 Å². The molecule has 4 rings (SSSR count). The van der Waals surface area contributed by atoms with Crippen molar-refractivity contribution >= 4 is 17.9 Å². The topological polar surface area (TPSA) is 137 Å². The van der Waals surface area contributed by atoms with Gasteiger partial charge in [-0.15, -0.1) is 5.10 Å². The van der Waals surface area contributed by atoms with Gasteiger partial charge in [0.2, 0.25) is 11.6 Å². The van der Waals surface area contributed by atoms with E-state index >= 15 is 0 Å². The van der Waals surface area contributed by atoms with Crippen molar-refractivity contribution in [2.75, 3.05) is 5.73 Å². The zero-order valence-electron chi connectivity index (χ0n) is 16.3. The minimum absolute atomic E-state index is 0.0256. The summed E-state index contributed by atoms with van der Waals surface area (Å²) >= 11 is 0. The van der Waals surface area contributed by atoms with Crippen LogP contribution in [0.2, 0.25) is 0 Å². The number of carbonyl (C=O) groups is 1. The monoisotopic (exact) mass is 402 g/mol. The number of benzene rings is 2. The van der Waals surface area contributed by atoms with Gasteiger partial charge in [0.25, 0.3) is 5.91 Å². The number of carbonyl (C=O) groups excluding carboxylic acids is 1. The summed E-state index contributed by atoms with van der Waals surface area (Å²) in [7, 11) is 0. The maximum absolute atomic E-state index is 12.8. The number of nitrogens with one attached hydrogen (secondary N) is 1. The third kappa shape index (κ3) is 3.78. The average Bonchev–Trinajstić information content (AvgIpc) is 3.36. The van der Waals surface area contributed by atoms with E-state index in [1.807, 2.05) is 62.4 Å². The molecule has 0 atom stereocenters. The molecule has 0 fully saturated rings. The normalized spacial score (nSPS) is 11.1. The van der Waals surface area contributed by atoms with Crippen LogP contribution in [0.4, 0.5) is 5.82 Å². The fourth-order valence-electron chi connectivity index (χ4n) is 2.76. The number of anilines is 1. The van der Waals surface area contributed by atoms with Gasteiger partial charge in [-0.25, -0.2) is 10.1 Å². The van der Waals surface area contributed by atoms with Crippen LogP contribution < -0.4 is 11.2 Å². The van der Waals surface area contributed by atoms with E-state index in [1.54, 1.807) is 6.21 Å². The Kier molecular flexibility index (Phi) is 5.04. The molecule has 4 aromatic rings. The number of aromatic nitrogens is 5. The Hall–Kier alpha value is -4.34. The molecule has 0 aliphatic carbocycles. The molecule has 0 unspecified atom stereocenters. The molecule has 1 amide bonds. The predicted molar refractivity (Wildman–Crippen MR) is 110 cm³/mol. The minimum Gasteiger partial charge on any atom is -0.378 e. The highest BCUT2D eigenvalue weighted by Crippen LogP contribution is 2.26. The molecule has 2 heterocycles. The van der Waals surface area contributed by atoms with Crippen molar-refractivity contribution in [1.82, 2.24) is 30.7 Å². The van der Waals surface area contributed by atoms with E-state index in [0.717, 1.165) is 16.7 Å². The zero-order chi connectivity index (χ0) is 21.1. The summed E-state index contributed by atoms with van der Waals surface area (Å²) in [5, 5.41) is 19.4. The van der Waals surface area contributed by atoms with Gasteiger partial charge in [0.1, 0.15) is 5.69 Å². The summed E-state index contributed by atoms with van der Waals surface area (Å²) in [4.78, 5) is 12.8. The van der Waals surface area contributed by atoms with Crippen molar-refractivity contribution in [3.63, 3.8) is 0 Å². The number of nitrogen functional groups attached to an aromatic ring is 1. The largest absolute Gasteiger partial charge is 0.378 e. The molecule has 0 aliphatic rings. The maximum atomic E-state index is 12.8. The van der Waals surface area contributed by atoms with E-state index < -0.39 is 5.91 Å². The van der Waals surface area contributed by atoms with Gasteiger partial charge in [0.15, 0.2) is 5.69 Å². The summed E-state index contributed by atoms with van der Waals surface area (Å²) in [5.74, 6) is -0.367. The molecule has 150 valence electrons. The van der Waals surface area contributed by atoms with Gasteiger partial charge in [-0.3, -0.25) is 4.79 Å². The number of nitrogens with zero attached hydrogens (tertiary/aromatic N) is 6. The lowest BCUT2D eigenvalue weighted by atomic mass is 10.1. The number of aryl methyl sites for hydroxylation is 2. The van der Waals surface area contributed by atoms with Crippen molar-refractivity contribution in [3.8, 4) is 17.1 Å². The van der Waals surface area contributed by atoms with Crippen LogP contribution >= 0.6 is 0 Å². The van der Waals surface area contributed by atoms with Crippen LogP contribution in [0.5, 0.6) is 0 Å². The Morgan fingerprint density at radius 3 is 2.37 bits per heavy atom. The Bertz CT molecular complexity index is 1210. The van der Waals surface area contributed by atoms with Crippen LogP contribution in [0.3, 0.4) is 0 Å². The Morgan fingerprint density at radius 2 is 1.73 bits per heavy atom. The first-order valence-electron chi connectivity index (χ1n) is 9.04. The quantitative estimate of drug-likeness (QED) is 0.386. The number of hydrazone groups is 1. The van der Waals surface area contributed by atoms with Gasteiger partial charge >= 0.3 is 0 Å². The van der Waals surface area contributed by atoms with E-state index in [9.17, 15) is 4.79 Å². The fourth-order valence-corrected chi connectivity index (χ4v) is 2.76. The minimum atomic E-state index is -0.532. The molecule has 0 aliphatic heterocycles. The van der Waals surface area contributed by atoms with E-state index in [2.05, 4.69) is 35.8 Å².